The first kappa shape index (κ1) is 14.4. The Morgan fingerprint density at radius 3 is 2.86 bits per heavy atom. The van der Waals surface area contributed by atoms with Crippen LogP contribution >= 0.6 is 11.6 Å². The third-order valence-corrected chi connectivity index (χ3v) is 3.53. The van der Waals surface area contributed by atoms with Gasteiger partial charge in [0.2, 0.25) is 5.91 Å². The second kappa shape index (κ2) is 6.45. The third kappa shape index (κ3) is 3.35. The molecule has 0 spiro atoms. The van der Waals surface area contributed by atoms with Gasteiger partial charge in [-0.2, -0.15) is 5.10 Å². The van der Waals surface area contributed by atoms with E-state index in [-0.39, 0.29) is 5.91 Å². The molecule has 0 aliphatic heterocycles. The number of nitrogens with one attached hydrogen (secondary N) is 1. The van der Waals surface area contributed by atoms with Gasteiger partial charge in [-0.15, -0.1) is 0 Å². The molecule has 3 rings (SSSR count). The van der Waals surface area contributed by atoms with E-state index in [9.17, 15) is 4.79 Å². The van der Waals surface area contributed by atoms with Crippen LogP contribution in [0.25, 0.3) is 11.6 Å². The van der Waals surface area contributed by atoms with E-state index in [2.05, 4.69) is 10.4 Å². The third-order valence-electron chi connectivity index (χ3n) is 3.18. The predicted molar refractivity (Wildman–Crippen MR) is 87.5 cm³/mol. The van der Waals surface area contributed by atoms with Crippen molar-refractivity contribution in [3.8, 4) is 0 Å². The molecule has 0 aliphatic carbocycles. The molecular weight excluding hydrogens is 298 g/mol. The highest BCUT2D eigenvalue weighted by Gasteiger charge is 2.02. The molecule has 0 saturated carbocycles. The number of carbonyl (C=O) groups is 1. The molecule has 3 aromatic rings. The number of nitrogens with zero attached hydrogens (tertiary/aromatic N) is 2. The van der Waals surface area contributed by atoms with Crippen molar-refractivity contribution in [1.29, 1.82) is 0 Å². The molecule has 2 aromatic heterocycles. The zero-order valence-corrected chi connectivity index (χ0v) is 12.5. The lowest BCUT2D eigenvalue weighted by molar-refractivity contribution is -0.116. The fourth-order valence-corrected chi connectivity index (χ4v) is 2.29. The molecule has 22 heavy (non-hydrogen) atoms. The van der Waals surface area contributed by atoms with Crippen LogP contribution in [0.1, 0.15) is 11.3 Å². The second-order valence-corrected chi connectivity index (χ2v) is 5.19. The van der Waals surface area contributed by atoms with E-state index in [1.54, 1.807) is 16.7 Å². The quantitative estimate of drug-likeness (QED) is 0.751. The van der Waals surface area contributed by atoms with E-state index in [1.165, 1.54) is 6.08 Å². The highest BCUT2D eigenvalue weighted by Crippen LogP contribution is 2.16. The van der Waals surface area contributed by atoms with Crippen LogP contribution in [0.3, 0.4) is 0 Å². The maximum Gasteiger partial charge on any atom is 0.244 e. The van der Waals surface area contributed by atoms with E-state index >= 15 is 0 Å². The molecule has 0 saturated heterocycles. The van der Waals surface area contributed by atoms with Crippen molar-refractivity contribution in [2.75, 3.05) is 0 Å². The van der Waals surface area contributed by atoms with Crippen molar-refractivity contribution >= 4 is 29.1 Å². The number of fused-ring (bicyclic) bond motifs is 1. The second-order valence-electron chi connectivity index (χ2n) is 4.78. The van der Waals surface area contributed by atoms with E-state index < -0.39 is 0 Å². The van der Waals surface area contributed by atoms with Gasteiger partial charge in [0, 0.05) is 17.3 Å². The van der Waals surface area contributed by atoms with Gasteiger partial charge in [0.15, 0.2) is 0 Å². The minimum atomic E-state index is -0.183. The van der Waals surface area contributed by atoms with Crippen LogP contribution in [0.5, 0.6) is 0 Å². The number of pyridine rings is 1. The standard InChI is InChI=1S/C17H14ClN3O/c18-16-7-2-1-5-13(16)8-9-17(22)19-12-14-11-15-6-3-4-10-21(15)20-14/h1-11H,12H2,(H,19,22)/b9-8+. The molecular formula is C17H14ClN3O. The summed E-state index contributed by atoms with van der Waals surface area (Å²) in [6.07, 6.45) is 5.04. The maximum atomic E-state index is 11.8. The van der Waals surface area contributed by atoms with Crippen molar-refractivity contribution < 1.29 is 4.79 Å². The average Bonchev–Trinajstić information content (AvgIpc) is 2.95. The molecule has 1 aromatic carbocycles. The smallest absolute Gasteiger partial charge is 0.244 e. The summed E-state index contributed by atoms with van der Waals surface area (Å²) in [5.74, 6) is -0.183. The van der Waals surface area contributed by atoms with Crippen LogP contribution in [0.4, 0.5) is 0 Å². The average molecular weight is 312 g/mol. The first-order valence-electron chi connectivity index (χ1n) is 6.86. The molecule has 1 N–H and O–H groups in total. The largest absolute Gasteiger partial charge is 0.347 e. The Morgan fingerprint density at radius 2 is 2.05 bits per heavy atom. The van der Waals surface area contributed by atoms with E-state index in [4.69, 9.17) is 11.6 Å². The lowest BCUT2D eigenvalue weighted by Gasteiger charge is -1.99. The number of benzene rings is 1. The van der Waals surface area contributed by atoms with Gasteiger partial charge < -0.3 is 5.32 Å². The number of hydrogen-bond donors (Lipinski definition) is 1. The number of amides is 1. The molecule has 5 heteroatoms. The highest BCUT2D eigenvalue weighted by atomic mass is 35.5. The summed E-state index contributed by atoms with van der Waals surface area (Å²) in [7, 11) is 0. The molecule has 0 radical (unpaired) electrons. The first-order chi connectivity index (χ1) is 10.7. The predicted octanol–water partition coefficient (Wildman–Crippen LogP) is 3.32. The van der Waals surface area contributed by atoms with Crippen LogP contribution < -0.4 is 5.32 Å². The van der Waals surface area contributed by atoms with Gasteiger partial charge in [-0.3, -0.25) is 4.79 Å². The molecule has 2 heterocycles. The Bertz CT molecular complexity index is 806. The Morgan fingerprint density at radius 1 is 1.23 bits per heavy atom. The van der Waals surface area contributed by atoms with Gasteiger partial charge >= 0.3 is 0 Å². The minimum absolute atomic E-state index is 0.183. The highest BCUT2D eigenvalue weighted by molar-refractivity contribution is 6.32. The zero-order valence-electron chi connectivity index (χ0n) is 11.7. The van der Waals surface area contributed by atoms with Gasteiger partial charge in [0.05, 0.1) is 17.8 Å². The summed E-state index contributed by atoms with van der Waals surface area (Å²) in [4.78, 5) is 11.8. The van der Waals surface area contributed by atoms with Crippen LogP contribution in [0.2, 0.25) is 5.02 Å². The SMILES string of the molecule is O=C(/C=C/c1ccccc1Cl)NCc1cc2ccccn2n1. The normalized spacial score (nSPS) is 11.1. The molecule has 0 unspecified atom stereocenters. The lowest BCUT2D eigenvalue weighted by Crippen LogP contribution is -2.20. The monoisotopic (exact) mass is 311 g/mol. The first-order valence-corrected chi connectivity index (χ1v) is 7.24. The molecule has 0 atom stereocenters. The molecule has 0 aliphatic rings. The molecule has 0 bridgehead atoms. The van der Waals surface area contributed by atoms with Gasteiger partial charge in [0.25, 0.3) is 0 Å². The van der Waals surface area contributed by atoms with Gasteiger partial charge in [0.1, 0.15) is 0 Å². The molecule has 0 fully saturated rings. The van der Waals surface area contributed by atoms with Crippen molar-refractivity contribution in [2.24, 2.45) is 0 Å². The fourth-order valence-electron chi connectivity index (χ4n) is 2.09. The Labute approximate surface area is 133 Å². The zero-order chi connectivity index (χ0) is 15.4. The Kier molecular flexibility index (Phi) is 4.21. The summed E-state index contributed by atoms with van der Waals surface area (Å²) < 4.78 is 1.78. The topological polar surface area (TPSA) is 46.4 Å². The van der Waals surface area contributed by atoms with E-state index in [0.717, 1.165) is 16.8 Å². The fraction of sp³-hybridized carbons (Fsp3) is 0.0588. The summed E-state index contributed by atoms with van der Waals surface area (Å²) in [5, 5.41) is 7.80. The number of hydrogen-bond acceptors (Lipinski definition) is 2. The summed E-state index contributed by atoms with van der Waals surface area (Å²) in [6, 6.07) is 15.1. The van der Waals surface area contributed by atoms with Crippen LogP contribution in [0, 0.1) is 0 Å². The van der Waals surface area contributed by atoms with Crippen LogP contribution in [0.15, 0.2) is 60.8 Å². The Hall–Kier alpha value is -2.59. The summed E-state index contributed by atoms with van der Waals surface area (Å²) >= 11 is 6.03. The van der Waals surface area contributed by atoms with Crippen molar-refractivity contribution in [2.45, 2.75) is 6.54 Å². The van der Waals surface area contributed by atoms with Crippen LogP contribution in [-0.2, 0) is 11.3 Å². The molecule has 4 nitrogen and oxygen atoms in total. The van der Waals surface area contributed by atoms with E-state index in [0.29, 0.717) is 11.6 Å². The number of aromatic nitrogens is 2. The number of carbonyl (C=O) groups excluding carboxylic acids is 1. The minimum Gasteiger partial charge on any atom is -0.347 e. The van der Waals surface area contributed by atoms with Gasteiger partial charge in [-0.05, 0) is 35.9 Å². The van der Waals surface area contributed by atoms with Crippen molar-refractivity contribution in [3.63, 3.8) is 0 Å². The van der Waals surface area contributed by atoms with Crippen LogP contribution in [-0.4, -0.2) is 15.5 Å². The van der Waals surface area contributed by atoms with E-state index in [1.807, 2.05) is 48.7 Å². The lowest BCUT2D eigenvalue weighted by atomic mass is 10.2. The number of halogens is 1. The summed E-state index contributed by atoms with van der Waals surface area (Å²) in [5.41, 5.74) is 2.62. The molecule has 1 amide bonds. The van der Waals surface area contributed by atoms with Gasteiger partial charge in [-0.1, -0.05) is 35.9 Å². The van der Waals surface area contributed by atoms with Crippen molar-refractivity contribution in [1.82, 2.24) is 14.9 Å². The molecule has 110 valence electrons. The number of rotatable bonds is 4. The Balaban J connectivity index is 1.61. The van der Waals surface area contributed by atoms with Crippen molar-refractivity contribution in [3.05, 3.63) is 77.1 Å². The summed E-state index contributed by atoms with van der Waals surface area (Å²) in [6.45, 7) is 0.382. The van der Waals surface area contributed by atoms with Gasteiger partial charge in [-0.25, -0.2) is 4.52 Å². The maximum absolute atomic E-state index is 11.8.